The van der Waals surface area contributed by atoms with E-state index in [1.807, 2.05) is 86.6 Å². The van der Waals surface area contributed by atoms with Gasteiger partial charge in [0.15, 0.2) is 0 Å². The van der Waals surface area contributed by atoms with Crippen LogP contribution in [0, 0.1) is 5.41 Å². The van der Waals surface area contributed by atoms with Gasteiger partial charge < -0.3 is 30.3 Å². The number of aliphatic hydroxyl groups is 1. The minimum Gasteiger partial charge on any atom is -0.396 e. The van der Waals surface area contributed by atoms with Gasteiger partial charge in [-0.15, -0.1) is 0 Å². The van der Waals surface area contributed by atoms with Crippen LogP contribution in [-0.4, -0.2) is 97.8 Å². The second kappa shape index (κ2) is 16.0. The largest absolute Gasteiger partial charge is 0.396 e. The average molecular weight is 617 g/mol. The van der Waals surface area contributed by atoms with E-state index < -0.39 is 17.5 Å². The molecule has 1 heterocycles. The third-order valence-corrected chi connectivity index (χ3v) is 8.65. The summed E-state index contributed by atoms with van der Waals surface area (Å²) in [7, 11) is 3.26. The molecule has 3 atom stereocenters. The molecule has 0 aromatic heterocycles. The van der Waals surface area contributed by atoms with E-state index in [1.165, 1.54) is 9.80 Å². The summed E-state index contributed by atoms with van der Waals surface area (Å²) in [5, 5.41) is 18.2. The van der Waals surface area contributed by atoms with E-state index in [1.54, 1.807) is 14.1 Å². The first-order valence-electron chi connectivity index (χ1n) is 15.8. The van der Waals surface area contributed by atoms with Crippen molar-refractivity contribution in [2.24, 2.45) is 5.41 Å². The Morgan fingerprint density at radius 1 is 0.933 bits per heavy atom. The van der Waals surface area contributed by atoms with Crippen LogP contribution in [0.25, 0.3) is 10.8 Å². The zero-order valence-electron chi connectivity index (χ0n) is 27.0. The van der Waals surface area contributed by atoms with Crippen molar-refractivity contribution in [3.8, 4) is 0 Å². The van der Waals surface area contributed by atoms with Gasteiger partial charge in [0.2, 0.25) is 17.7 Å². The molecule has 0 bridgehead atoms. The molecule has 4 rings (SSSR count). The summed E-state index contributed by atoms with van der Waals surface area (Å²) in [4.78, 5) is 44.4. The number of hydrogen-bond donors (Lipinski definition) is 3. The maximum absolute atomic E-state index is 14.4. The first-order chi connectivity index (χ1) is 21.6. The summed E-state index contributed by atoms with van der Waals surface area (Å²) in [6.07, 6.45) is 2.67. The molecule has 0 spiro atoms. The number of hydrogen-bond acceptors (Lipinski definition) is 6. The first-order valence-corrected chi connectivity index (χ1v) is 15.8. The molecule has 0 unspecified atom stereocenters. The summed E-state index contributed by atoms with van der Waals surface area (Å²) in [6.45, 7) is 5.13. The number of rotatable bonds is 15. The van der Waals surface area contributed by atoms with Gasteiger partial charge in [-0.2, -0.15) is 0 Å². The zero-order chi connectivity index (χ0) is 32.4. The molecule has 0 radical (unpaired) electrons. The number of likely N-dealkylation sites (N-methyl/N-ethyl adjacent to an activating group) is 2. The van der Waals surface area contributed by atoms with Gasteiger partial charge in [0.25, 0.3) is 0 Å². The minimum absolute atomic E-state index is 0.0922. The van der Waals surface area contributed by atoms with Crippen LogP contribution in [0.5, 0.6) is 0 Å². The Kier molecular flexibility index (Phi) is 12.1. The highest BCUT2D eigenvalue weighted by molar-refractivity contribution is 5.92. The monoisotopic (exact) mass is 616 g/mol. The van der Waals surface area contributed by atoms with Crippen molar-refractivity contribution < 1.29 is 24.2 Å². The van der Waals surface area contributed by atoms with Gasteiger partial charge in [-0.05, 0) is 41.3 Å². The van der Waals surface area contributed by atoms with E-state index in [9.17, 15) is 19.5 Å². The Balaban J connectivity index is 1.58. The van der Waals surface area contributed by atoms with Crippen LogP contribution in [0.15, 0.2) is 72.8 Å². The molecule has 0 saturated carbocycles. The van der Waals surface area contributed by atoms with E-state index in [-0.39, 0.29) is 49.9 Å². The lowest BCUT2D eigenvalue weighted by Crippen LogP contribution is -2.57. The predicted octanol–water partition coefficient (Wildman–Crippen LogP) is 3.18. The lowest BCUT2D eigenvalue weighted by molar-refractivity contribution is -0.149. The molecule has 9 heteroatoms. The lowest BCUT2D eigenvalue weighted by Gasteiger charge is -2.35. The molecule has 3 amide bonds. The fraction of sp³-hybridized carbons (Fsp3) is 0.472. The standard InChI is InChI=1S/C36H48N4O5/c1-36(2,25-41)24-38-34(43)31(20-26-11-6-5-7-12-26)40(4)35(44)32(21-27-16-17-28-13-8-9-14-29(28)19-27)39(3)33(42)23-45-22-30-15-10-18-37-30/h5-9,11-14,16-17,19,30-32,37,41H,10,15,18,20-25H2,1-4H3,(H,38,43)/t30-,31+,32+/m0/s1. The maximum Gasteiger partial charge on any atom is 0.249 e. The van der Waals surface area contributed by atoms with Gasteiger partial charge in [0, 0.05) is 51.5 Å². The summed E-state index contributed by atoms with van der Waals surface area (Å²) in [6, 6.07) is 22.1. The second-order valence-electron chi connectivity index (χ2n) is 12.9. The van der Waals surface area contributed by atoms with E-state index in [0.717, 1.165) is 41.3 Å². The molecule has 9 nitrogen and oxygen atoms in total. The van der Waals surface area contributed by atoms with Crippen molar-refractivity contribution >= 4 is 28.5 Å². The number of aliphatic hydroxyl groups excluding tert-OH is 1. The quantitative estimate of drug-likeness (QED) is 0.242. The van der Waals surface area contributed by atoms with Crippen LogP contribution in [0.4, 0.5) is 0 Å². The SMILES string of the molecule is CN(C(=O)COC[C@@H]1CCCN1)[C@H](Cc1ccc2ccccc2c1)C(=O)N(C)[C@H](Cc1ccccc1)C(=O)NCC(C)(C)CO. The van der Waals surface area contributed by atoms with Crippen LogP contribution >= 0.6 is 0 Å². The van der Waals surface area contributed by atoms with Gasteiger partial charge in [0.1, 0.15) is 18.7 Å². The van der Waals surface area contributed by atoms with Gasteiger partial charge >= 0.3 is 0 Å². The molecule has 3 aromatic rings. The number of amides is 3. The van der Waals surface area contributed by atoms with Gasteiger partial charge in [-0.3, -0.25) is 14.4 Å². The third kappa shape index (κ3) is 9.60. The highest BCUT2D eigenvalue weighted by atomic mass is 16.5. The summed E-state index contributed by atoms with van der Waals surface area (Å²) in [5.41, 5.74) is 1.29. The Labute approximate surface area is 266 Å². The van der Waals surface area contributed by atoms with Gasteiger partial charge in [-0.25, -0.2) is 0 Å². The summed E-state index contributed by atoms with van der Waals surface area (Å²) < 4.78 is 5.77. The molecule has 1 fully saturated rings. The number of benzene rings is 3. The Morgan fingerprint density at radius 3 is 2.31 bits per heavy atom. The molecule has 45 heavy (non-hydrogen) atoms. The van der Waals surface area contributed by atoms with E-state index >= 15 is 0 Å². The normalized spacial score (nSPS) is 16.2. The molecule has 1 saturated heterocycles. The number of ether oxygens (including phenoxy) is 1. The number of carbonyl (C=O) groups is 3. The minimum atomic E-state index is -0.864. The Hall–Kier alpha value is -3.79. The fourth-order valence-corrected chi connectivity index (χ4v) is 5.57. The molecule has 1 aliphatic rings. The summed E-state index contributed by atoms with van der Waals surface area (Å²) >= 11 is 0. The van der Waals surface area contributed by atoms with E-state index in [2.05, 4.69) is 10.6 Å². The molecule has 242 valence electrons. The fourth-order valence-electron chi connectivity index (χ4n) is 5.57. The summed E-state index contributed by atoms with van der Waals surface area (Å²) in [5.74, 6) is -0.953. The van der Waals surface area contributed by atoms with Crippen molar-refractivity contribution in [3.05, 3.63) is 83.9 Å². The molecule has 0 aliphatic carbocycles. The van der Waals surface area contributed by atoms with Crippen molar-refractivity contribution in [3.63, 3.8) is 0 Å². The van der Waals surface area contributed by atoms with E-state index in [0.29, 0.717) is 13.0 Å². The maximum atomic E-state index is 14.4. The number of nitrogens with one attached hydrogen (secondary N) is 2. The highest BCUT2D eigenvalue weighted by Crippen LogP contribution is 2.20. The second-order valence-corrected chi connectivity index (χ2v) is 12.9. The van der Waals surface area contributed by atoms with Crippen LogP contribution in [0.2, 0.25) is 0 Å². The topological polar surface area (TPSA) is 111 Å². The van der Waals surface area contributed by atoms with Crippen molar-refractivity contribution in [2.45, 2.75) is 57.7 Å². The lowest BCUT2D eigenvalue weighted by atomic mass is 9.94. The van der Waals surface area contributed by atoms with Gasteiger partial charge in [-0.1, -0.05) is 86.6 Å². The molecular weight excluding hydrogens is 568 g/mol. The van der Waals surface area contributed by atoms with Crippen molar-refractivity contribution in [2.75, 3.05) is 47.0 Å². The predicted molar refractivity (Wildman–Crippen MR) is 177 cm³/mol. The molecule has 3 N–H and O–H groups in total. The zero-order valence-corrected chi connectivity index (χ0v) is 27.0. The van der Waals surface area contributed by atoms with Crippen LogP contribution in [0.3, 0.4) is 0 Å². The van der Waals surface area contributed by atoms with Gasteiger partial charge in [0.05, 0.1) is 6.61 Å². The molecular formula is C36H48N4O5. The smallest absolute Gasteiger partial charge is 0.249 e. The molecule has 1 aliphatic heterocycles. The number of fused-ring (bicyclic) bond motifs is 1. The highest BCUT2D eigenvalue weighted by Gasteiger charge is 2.35. The first kappa shape index (κ1) is 34.1. The number of nitrogens with zero attached hydrogens (tertiary/aromatic N) is 2. The Morgan fingerprint density at radius 2 is 1.62 bits per heavy atom. The average Bonchev–Trinajstić information content (AvgIpc) is 3.58. The number of carbonyl (C=O) groups excluding carboxylic acids is 3. The Bertz CT molecular complexity index is 1420. The van der Waals surface area contributed by atoms with E-state index in [4.69, 9.17) is 4.74 Å². The van der Waals surface area contributed by atoms with Crippen molar-refractivity contribution in [1.29, 1.82) is 0 Å². The van der Waals surface area contributed by atoms with Crippen LogP contribution in [-0.2, 0) is 32.0 Å². The van der Waals surface area contributed by atoms with Crippen molar-refractivity contribution in [1.82, 2.24) is 20.4 Å². The molecule has 3 aromatic carbocycles. The van der Waals surface area contributed by atoms with Crippen LogP contribution < -0.4 is 10.6 Å². The van der Waals surface area contributed by atoms with Crippen LogP contribution in [0.1, 0.15) is 37.8 Å². The third-order valence-electron chi connectivity index (χ3n) is 8.65.